The molecule has 1 nitrogen and oxygen atoms in total. The van der Waals surface area contributed by atoms with Crippen LogP contribution < -0.4 is 4.74 Å². The maximum absolute atomic E-state index is 12.1. The number of halogens is 3. The zero-order chi connectivity index (χ0) is 16.7. The SMILES string of the molecule is CCCCC[Si@H]1CC[C@H](c2ccc(OCC(F)(F)F)cc2)CC1. The van der Waals surface area contributed by atoms with Crippen LogP contribution in [0.4, 0.5) is 13.2 Å². The Balaban J connectivity index is 1.77. The van der Waals surface area contributed by atoms with E-state index in [1.165, 1.54) is 55.8 Å². The van der Waals surface area contributed by atoms with E-state index in [4.69, 9.17) is 4.74 Å². The van der Waals surface area contributed by atoms with Crippen molar-refractivity contribution in [2.75, 3.05) is 6.61 Å². The summed E-state index contributed by atoms with van der Waals surface area (Å²) in [6.07, 6.45) is 2.30. The number of alkyl halides is 3. The first-order valence-electron chi connectivity index (χ1n) is 8.77. The summed E-state index contributed by atoms with van der Waals surface area (Å²) in [5, 5.41) is 0. The highest BCUT2D eigenvalue weighted by Crippen LogP contribution is 2.35. The molecule has 0 bridgehead atoms. The van der Waals surface area contributed by atoms with Crippen molar-refractivity contribution in [1.29, 1.82) is 0 Å². The van der Waals surface area contributed by atoms with Gasteiger partial charge in [-0.1, -0.05) is 56.5 Å². The third-order valence-electron chi connectivity index (χ3n) is 4.82. The smallest absolute Gasteiger partial charge is 0.422 e. The van der Waals surface area contributed by atoms with Crippen LogP contribution in [0.25, 0.3) is 0 Å². The predicted molar refractivity (Wildman–Crippen MR) is 91.1 cm³/mol. The van der Waals surface area contributed by atoms with Crippen molar-refractivity contribution < 1.29 is 17.9 Å². The minimum atomic E-state index is -4.28. The molecule has 0 spiro atoms. The highest BCUT2D eigenvalue weighted by molar-refractivity contribution is 6.59. The number of unbranched alkanes of at least 4 members (excludes halogenated alkanes) is 2. The number of rotatable bonds is 7. The van der Waals surface area contributed by atoms with E-state index in [0.717, 1.165) is 0 Å². The molecule has 0 atom stereocenters. The Hall–Kier alpha value is -0.973. The lowest BCUT2D eigenvalue weighted by Crippen LogP contribution is -2.20. The molecule has 2 rings (SSSR count). The van der Waals surface area contributed by atoms with Crippen molar-refractivity contribution in [1.82, 2.24) is 0 Å². The molecule has 0 aromatic heterocycles. The summed E-state index contributed by atoms with van der Waals surface area (Å²) in [4.78, 5) is 0. The quantitative estimate of drug-likeness (QED) is 0.440. The number of hydrogen-bond acceptors (Lipinski definition) is 1. The molecule has 0 N–H and O–H groups in total. The van der Waals surface area contributed by atoms with Gasteiger partial charge in [0, 0.05) is 8.80 Å². The fourth-order valence-electron chi connectivity index (χ4n) is 3.47. The third-order valence-corrected chi connectivity index (χ3v) is 8.34. The molecule has 1 aliphatic heterocycles. The van der Waals surface area contributed by atoms with E-state index in [-0.39, 0.29) is 0 Å². The molecule has 130 valence electrons. The van der Waals surface area contributed by atoms with Crippen molar-refractivity contribution in [3.63, 3.8) is 0 Å². The molecule has 0 radical (unpaired) electrons. The molecule has 1 heterocycles. The minimum Gasteiger partial charge on any atom is -0.484 e. The predicted octanol–water partition coefficient (Wildman–Crippen LogP) is 5.92. The molecule has 1 aliphatic rings. The van der Waals surface area contributed by atoms with Crippen LogP contribution in [0.5, 0.6) is 5.75 Å². The highest BCUT2D eigenvalue weighted by atomic mass is 28.3. The van der Waals surface area contributed by atoms with Crippen molar-refractivity contribution in [2.45, 2.75) is 69.3 Å². The van der Waals surface area contributed by atoms with Gasteiger partial charge in [0.15, 0.2) is 6.61 Å². The van der Waals surface area contributed by atoms with Crippen molar-refractivity contribution in [3.8, 4) is 5.75 Å². The summed E-state index contributed by atoms with van der Waals surface area (Å²) in [6, 6.07) is 11.6. The van der Waals surface area contributed by atoms with Crippen LogP contribution in [0.15, 0.2) is 24.3 Å². The van der Waals surface area contributed by atoms with E-state index in [2.05, 4.69) is 6.92 Å². The average molecular weight is 344 g/mol. The van der Waals surface area contributed by atoms with Crippen LogP contribution in [0.2, 0.25) is 18.1 Å². The summed E-state index contributed by atoms with van der Waals surface area (Å²) >= 11 is 0. The molecule has 0 amide bonds. The first-order chi connectivity index (χ1) is 11.0. The summed E-state index contributed by atoms with van der Waals surface area (Å²) < 4.78 is 41.2. The molecular formula is C18H27F3OSi. The second kappa shape index (κ2) is 8.76. The highest BCUT2D eigenvalue weighted by Gasteiger charge is 2.28. The first-order valence-corrected chi connectivity index (χ1v) is 11.2. The molecule has 1 fully saturated rings. The largest absolute Gasteiger partial charge is 0.484 e. The van der Waals surface area contributed by atoms with Crippen molar-refractivity contribution >= 4 is 8.80 Å². The van der Waals surface area contributed by atoms with E-state index in [1.807, 2.05) is 12.1 Å². The van der Waals surface area contributed by atoms with Crippen LogP contribution >= 0.6 is 0 Å². The molecule has 0 aliphatic carbocycles. The monoisotopic (exact) mass is 344 g/mol. The van der Waals surface area contributed by atoms with Crippen molar-refractivity contribution in [3.05, 3.63) is 29.8 Å². The van der Waals surface area contributed by atoms with E-state index < -0.39 is 21.6 Å². The molecule has 0 unspecified atom stereocenters. The van der Waals surface area contributed by atoms with Gasteiger partial charge in [-0.3, -0.25) is 0 Å². The minimum absolute atomic E-state index is 0.300. The van der Waals surface area contributed by atoms with Gasteiger partial charge in [0.05, 0.1) is 0 Å². The number of ether oxygens (including phenoxy) is 1. The van der Waals surface area contributed by atoms with Crippen LogP contribution in [0.3, 0.4) is 0 Å². The topological polar surface area (TPSA) is 9.23 Å². The Morgan fingerprint density at radius 2 is 1.74 bits per heavy atom. The Labute approximate surface area is 138 Å². The lowest BCUT2D eigenvalue weighted by molar-refractivity contribution is -0.153. The normalized spacial score (nSPS) is 22.1. The molecular weight excluding hydrogens is 317 g/mol. The molecule has 5 heteroatoms. The Morgan fingerprint density at radius 3 is 2.30 bits per heavy atom. The summed E-state index contributed by atoms with van der Waals surface area (Å²) in [7, 11) is -0.510. The molecule has 1 saturated heterocycles. The van der Waals surface area contributed by atoms with E-state index in [0.29, 0.717) is 11.7 Å². The van der Waals surface area contributed by atoms with Crippen molar-refractivity contribution in [2.24, 2.45) is 0 Å². The Bertz CT molecular complexity index is 450. The van der Waals surface area contributed by atoms with Crippen LogP contribution in [0, 0.1) is 0 Å². The first kappa shape index (κ1) is 18.4. The second-order valence-corrected chi connectivity index (χ2v) is 10.2. The van der Waals surface area contributed by atoms with Gasteiger partial charge in [-0.25, -0.2) is 0 Å². The Kier molecular flexibility index (Phi) is 7.00. The molecule has 0 saturated carbocycles. The maximum Gasteiger partial charge on any atom is 0.422 e. The van der Waals surface area contributed by atoms with E-state index in [1.54, 1.807) is 12.1 Å². The van der Waals surface area contributed by atoms with Gasteiger partial charge in [0.25, 0.3) is 0 Å². The van der Waals surface area contributed by atoms with Gasteiger partial charge in [-0.05, 0) is 36.5 Å². The van der Waals surface area contributed by atoms with Gasteiger partial charge >= 0.3 is 6.18 Å². The molecule has 1 aromatic carbocycles. The van der Waals surface area contributed by atoms with Crippen LogP contribution in [0.1, 0.15) is 50.5 Å². The van der Waals surface area contributed by atoms with Crippen LogP contribution in [-0.2, 0) is 0 Å². The fraction of sp³-hybridized carbons (Fsp3) is 0.667. The standard InChI is InChI=1S/C18H27F3OSi/c1-2-3-4-11-23-12-9-16(10-13-23)15-5-7-17(8-6-15)22-14-18(19,20)21/h5-8,16,23H,2-4,9-14H2,1H3/t16-,23-. The number of hydrogen-bond donors (Lipinski definition) is 0. The summed E-state index contributed by atoms with van der Waals surface area (Å²) in [5.74, 6) is 0.885. The summed E-state index contributed by atoms with van der Waals surface area (Å²) in [5.41, 5.74) is 1.25. The maximum atomic E-state index is 12.1. The van der Waals surface area contributed by atoms with E-state index in [9.17, 15) is 13.2 Å². The molecule has 1 aromatic rings. The zero-order valence-electron chi connectivity index (χ0n) is 13.9. The van der Waals surface area contributed by atoms with Gasteiger partial charge in [-0.15, -0.1) is 0 Å². The van der Waals surface area contributed by atoms with Gasteiger partial charge in [0.2, 0.25) is 0 Å². The van der Waals surface area contributed by atoms with Gasteiger partial charge in [0.1, 0.15) is 5.75 Å². The second-order valence-electron chi connectivity index (χ2n) is 6.69. The number of benzene rings is 1. The fourth-order valence-corrected chi connectivity index (χ4v) is 6.95. The third kappa shape index (κ3) is 6.57. The van der Waals surface area contributed by atoms with E-state index >= 15 is 0 Å². The zero-order valence-corrected chi connectivity index (χ0v) is 15.0. The van der Waals surface area contributed by atoms with Crippen LogP contribution in [-0.4, -0.2) is 21.6 Å². The average Bonchev–Trinajstić information content (AvgIpc) is 2.54. The van der Waals surface area contributed by atoms with Gasteiger partial charge in [-0.2, -0.15) is 13.2 Å². The Morgan fingerprint density at radius 1 is 1.09 bits per heavy atom. The lowest BCUT2D eigenvalue weighted by atomic mass is 9.93. The lowest BCUT2D eigenvalue weighted by Gasteiger charge is -2.28. The van der Waals surface area contributed by atoms with Gasteiger partial charge < -0.3 is 4.74 Å². The summed E-state index contributed by atoms with van der Waals surface area (Å²) in [6.45, 7) is 1.03. The molecule has 23 heavy (non-hydrogen) atoms.